The van der Waals surface area contributed by atoms with Gasteiger partial charge in [-0.1, -0.05) is 44.2 Å². The second-order valence-electron chi connectivity index (χ2n) is 6.61. The number of amides is 1. The molecule has 0 saturated heterocycles. The highest BCUT2D eigenvalue weighted by Gasteiger charge is 2.24. The van der Waals surface area contributed by atoms with Gasteiger partial charge in [-0.3, -0.25) is 4.79 Å². The number of hydrogen-bond donors (Lipinski definition) is 1. The summed E-state index contributed by atoms with van der Waals surface area (Å²) in [7, 11) is 0. The van der Waals surface area contributed by atoms with Crippen LogP contribution in [0.2, 0.25) is 0 Å². The van der Waals surface area contributed by atoms with Gasteiger partial charge in [0.1, 0.15) is 15.9 Å². The Morgan fingerprint density at radius 3 is 2.54 bits per heavy atom. The Hall–Kier alpha value is -2.54. The van der Waals surface area contributed by atoms with E-state index < -0.39 is 0 Å². The molecule has 0 aliphatic carbocycles. The first-order valence-corrected chi connectivity index (χ1v) is 9.39. The van der Waals surface area contributed by atoms with Gasteiger partial charge in [0.05, 0.1) is 5.69 Å². The van der Waals surface area contributed by atoms with Gasteiger partial charge in [0, 0.05) is 12.5 Å². The van der Waals surface area contributed by atoms with Crippen LogP contribution in [0.4, 0.5) is 0 Å². The van der Waals surface area contributed by atoms with Crippen molar-refractivity contribution in [1.29, 1.82) is 0 Å². The normalized spacial score (nSPS) is 12.3. The van der Waals surface area contributed by atoms with Gasteiger partial charge in [-0.25, -0.2) is 4.98 Å². The van der Waals surface area contributed by atoms with Crippen LogP contribution in [0, 0.1) is 19.8 Å². The predicted octanol–water partition coefficient (Wildman–Crippen LogP) is 4.33. The number of carbonyl (C=O) groups is 1. The molecule has 26 heavy (non-hydrogen) atoms. The number of nitrogens with one attached hydrogen (secondary N) is 1. The molecule has 1 N–H and O–H groups in total. The molecule has 0 spiro atoms. The molecule has 0 radical (unpaired) electrons. The summed E-state index contributed by atoms with van der Waals surface area (Å²) >= 11 is 1.39. The van der Waals surface area contributed by atoms with Crippen molar-refractivity contribution in [3.05, 3.63) is 52.7 Å². The van der Waals surface area contributed by atoms with Crippen molar-refractivity contribution in [2.24, 2.45) is 5.92 Å². The quantitative estimate of drug-likeness (QED) is 0.698. The molecule has 2 heterocycles. The maximum Gasteiger partial charge on any atom is 0.263 e. The SMILES string of the molecule is Cc1nnc(C(CC(C)C)NC(=O)c2sc(-c3ccccc3)nc2C)o1. The summed E-state index contributed by atoms with van der Waals surface area (Å²) in [6.07, 6.45) is 0.719. The average molecular weight is 370 g/mol. The van der Waals surface area contributed by atoms with Crippen molar-refractivity contribution in [3.63, 3.8) is 0 Å². The van der Waals surface area contributed by atoms with Crippen LogP contribution < -0.4 is 5.32 Å². The zero-order chi connectivity index (χ0) is 18.7. The number of aryl methyl sites for hydroxylation is 2. The van der Waals surface area contributed by atoms with E-state index in [2.05, 4.69) is 34.3 Å². The third-order valence-corrected chi connectivity index (χ3v) is 5.08. The van der Waals surface area contributed by atoms with E-state index in [1.54, 1.807) is 6.92 Å². The summed E-state index contributed by atoms with van der Waals surface area (Å²) in [5.74, 6) is 1.14. The van der Waals surface area contributed by atoms with Gasteiger partial charge in [-0.15, -0.1) is 21.5 Å². The Kier molecular flexibility index (Phi) is 5.46. The van der Waals surface area contributed by atoms with Crippen molar-refractivity contribution in [2.75, 3.05) is 0 Å². The van der Waals surface area contributed by atoms with Crippen LogP contribution in [0.3, 0.4) is 0 Å². The highest BCUT2D eigenvalue weighted by molar-refractivity contribution is 7.17. The number of nitrogens with zero attached hydrogens (tertiary/aromatic N) is 3. The van der Waals surface area contributed by atoms with Crippen LogP contribution >= 0.6 is 11.3 Å². The van der Waals surface area contributed by atoms with Gasteiger partial charge in [0.15, 0.2) is 0 Å². The van der Waals surface area contributed by atoms with Crippen molar-refractivity contribution in [3.8, 4) is 10.6 Å². The summed E-state index contributed by atoms with van der Waals surface area (Å²) in [5.41, 5.74) is 1.72. The van der Waals surface area contributed by atoms with Gasteiger partial charge in [0.2, 0.25) is 11.8 Å². The molecule has 2 aromatic heterocycles. The lowest BCUT2D eigenvalue weighted by Crippen LogP contribution is -2.29. The van der Waals surface area contributed by atoms with Gasteiger partial charge in [-0.2, -0.15) is 0 Å². The first kappa shape index (κ1) is 18.3. The van der Waals surface area contributed by atoms with E-state index in [1.165, 1.54) is 11.3 Å². The standard InChI is InChI=1S/C19H22N4O2S/c1-11(2)10-15(18-23-22-13(4)25-18)21-17(24)16-12(3)20-19(26-16)14-8-6-5-7-9-14/h5-9,11,15H,10H2,1-4H3,(H,21,24). The molecular formula is C19H22N4O2S. The van der Waals surface area contributed by atoms with Gasteiger partial charge < -0.3 is 9.73 Å². The van der Waals surface area contributed by atoms with E-state index in [0.29, 0.717) is 22.6 Å². The fraction of sp³-hybridized carbons (Fsp3) is 0.368. The van der Waals surface area contributed by atoms with Crippen molar-refractivity contribution in [2.45, 2.75) is 40.2 Å². The lowest BCUT2D eigenvalue weighted by atomic mass is 10.0. The second kappa shape index (κ2) is 7.78. The van der Waals surface area contributed by atoms with Crippen LogP contribution in [0.1, 0.15) is 53.5 Å². The molecule has 136 valence electrons. The molecule has 1 unspecified atom stereocenters. The molecule has 0 aliphatic rings. The largest absolute Gasteiger partial charge is 0.423 e. The molecular weight excluding hydrogens is 348 g/mol. The Labute approximate surface area is 156 Å². The topological polar surface area (TPSA) is 80.9 Å². The molecule has 1 atom stereocenters. The van der Waals surface area contributed by atoms with Crippen LogP contribution in [-0.4, -0.2) is 21.1 Å². The Balaban J connectivity index is 1.82. The first-order valence-electron chi connectivity index (χ1n) is 8.57. The maximum absolute atomic E-state index is 12.9. The van der Waals surface area contributed by atoms with Gasteiger partial charge in [-0.05, 0) is 19.3 Å². The van der Waals surface area contributed by atoms with E-state index >= 15 is 0 Å². The number of aromatic nitrogens is 3. The molecule has 1 amide bonds. The highest BCUT2D eigenvalue weighted by Crippen LogP contribution is 2.29. The fourth-order valence-corrected chi connectivity index (χ4v) is 3.66. The Bertz CT molecular complexity index is 886. The smallest absolute Gasteiger partial charge is 0.263 e. The van der Waals surface area contributed by atoms with Gasteiger partial charge >= 0.3 is 0 Å². The summed E-state index contributed by atoms with van der Waals surface area (Å²) in [6.45, 7) is 7.78. The molecule has 3 rings (SSSR count). The summed E-state index contributed by atoms with van der Waals surface area (Å²) in [5, 5.41) is 11.8. The monoisotopic (exact) mass is 370 g/mol. The van der Waals surface area contributed by atoms with E-state index in [4.69, 9.17) is 4.42 Å². The number of thiazole rings is 1. The molecule has 1 aromatic carbocycles. The number of rotatable bonds is 6. The Morgan fingerprint density at radius 2 is 1.92 bits per heavy atom. The average Bonchev–Trinajstić information content (AvgIpc) is 3.20. The van der Waals surface area contributed by atoms with E-state index in [0.717, 1.165) is 22.7 Å². The minimum atomic E-state index is -0.314. The lowest BCUT2D eigenvalue weighted by molar-refractivity contribution is 0.0927. The summed E-state index contributed by atoms with van der Waals surface area (Å²) in [6, 6.07) is 9.54. The molecule has 6 nitrogen and oxygen atoms in total. The lowest BCUT2D eigenvalue weighted by Gasteiger charge is -2.16. The summed E-state index contributed by atoms with van der Waals surface area (Å²) in [4.78, 5) is 18.0. The summed E-state index contributed by atoms with van der Waals surface area (Å²) < 4.78 is 5.54. The third kappa shape index (κ3) is 4.16. The maximum atomic E-state index is 12.9. The van der Waals surface area contributed by atoms with E-state index in [1.807, 2.05) is 37.3 Å². The first-order chi connectivity index (χ1) is 12.4. The van der Waals surface area contributed by atoms with Crippen LogP contribution in [0.25, 0.3) is 10.6 Å². The zero-order valence-corrected chi connectivity index (χ0v) is 16.1. The van der Waals surface area contributed by atoms with E-state index in [9.17, 15) is 4.79 Å². The Morgan fingerprint density at radius 1 is 1.19 bits per heavy atom. The van der Waals surface area contributed by atoms with Gasteiger partial charge in [0.25, 0.3) is 5.91 Å². The molecule has 0 bridgehead atoms. The van der Waals surface area contributed by atoms with Crippen molar-refractivity contribution >= 4 is 17.2 Å². The molecule has 0 fully saturated rings. The zero-order valence-electron chi connectivity index (χ0n) is 15.3. The van der Waals surface area contributed by atoms with Crippen LogP contribution in [-0.2, 0) is 0 Å². The molecule has 0 saturated carbocycles. The van der Waals surface area contributed by atoms with Crippen LogP contribution in [0.5, 0.6) is 0 Å². The predicted molar refractivity (Wildman–Crippen MR) is 101 cm³/mol. The number of carbonyl (C=O) groups excluding carboxylic acids is 1. The third-order valence-electron chi connectivity index (χ3n) is 3.88. The minimum absolute atomic E-state index is 0.163. The number of hydrogen-bond acceptors (Lipinski definition) is 6. The highest BCUT2D eigenvalue weighted by atomic mass is 32.1. The molecule has 3 aromatic rings. The second-order valence-corrected chi connectivity index (χ2v) is 7.61. The fourth-order valence-electron chi connectivity index (χ4n) is 2.68. The van der Waals surface area contributed by atoms with Crippen LogP contribution in [0.15, 0.2) is 34.7 Å². The van der Waals surface area contributed by atoms with Crippen molar-refractivity contribution in [1.82, 2.24) is 20.5 Å². The minimum Gasteiger partial charge on any atom is -0.423 e. The van der Waals surface area contributed by atoms with Crippen molar-refractivity contribution < 1.29 is 9.21 Å². The number of benzene rings is 1. The molecule has 0 aliphatic heterocycles. The molecule has 7 heteroatoms. The van der Waals surface area contributed by atoms with E-state index in [-0.39, 0.29) is 11.9 Å².